The SMILES string of the molecule is O=C(OCCOc1ccccc1)c1c(O)ccc2ccccc12. The van der Waals surface area contributed by atoms with Gasteiger partial charge in [0.25, 0.3) is 0 Å². The van der Waals surface area contributed by atoms with Crippen LogP contribution in [0.5, 0.6) is 11.5 Å². The molecule has 0 spiro atoms. The molecule has 0 amide bonds. The Labute approximate surface area is 133 Å². The molecular formula is C19H16O4. The van der Waals surface area contributed by atoms with Gasteiger partial charge in [-0.25, -0.2) is 4.79 Å². The lowest BCUT2D eigenvalue weighted by Gasteiger charge is -2.10. The van der Waals surface area contributed by atoms with Crippen LogP contribution in [0.2, 0.25) is 0 Å². The third-order valence-corrected chi connectivity index (χ3v) is 3.44. The fourth-order valence-electron chi connectivity index (χ4n) is 2.36. The lowest BCUT2D eigenvalue weighted by molar-refractivity contribution is 0.0449. The molecule has 3 rings (SSSR count). The number of benzene rings is 3. The molecule has 0 bridgehead atoms. The summed E-state index contributed by atoms with van der Waals surface area (Å²) in [6, 6.07) is 19.9. The van der Waals surface area contributed by atoms with E-state index in [0.717, 1.165) is 11.1 Å². The molecule has 0 aliphatic carbocycles. The summed E-state index contributed by atoms with van der Waals surface area (Å²) in [6.45, 7) is 0.359. The first-order valence-corrected chi connectivity index (χ1v) is 7.31. The molecule has 0 fully saturated rings. The highest BCUT2D eigenvalue weighted by molar-refractivity contribution is 6.06. The minimum atomic E-state index is -0.559. The number of rotatable bonds is 5. The van der Waals surface area contributed by atoms with Crippen LogP contribution in [0, 0.1) is 0 Å². The van der Waals surface area contributed by atoms with E-state index in [1.165, 1.54) is 6.07 Å². The van der Waals surface area contributed by atoms with Crippen molar-refractivity contribution in [3.63, 3.8) is 0 Å². The van der Waals surface area contributed by atoms with E-state index in [1.54, 1.807) is 12.1 Å². The Morgan fingerprint density at radius 1 is 0.870 bits per heavy atom. The van der Waals surface area contributed by atoms with Crippen molar-refractivity contribution in [2.75, 3.05) is 13.2 Å². The van der Waals surface area contributed by atoms with Crippen LogP contribution in [0.4, 0.5) is 0 Å². The van der Waals surface area contributed by atoms with E-state index in [4.69, 9.17) is 9.47 Å². The summed E-state index contributed by atoms with van der Waals surface area (Å²) >= 11 is 0. The largest absolute Gasteiger partial charge is 0.507 e. The molecule has 0 aliphatic heterocycles. The van der Waals surface area contributed by atoms with Crippen molar-refractivity contribution in [2.24, 2.45) is 0 Å². The summed E-state index contributed by atoms with van der Waals surface area (Å²) in [4.78, 5) is 12.3. The van der Waals surface area contributed by atoms with Crippen LogP contribution in [-0.4, -0.2) is 24.3 Å². The zero-order valence-corrected chi connectivity index (χ0v) is 12.4. The number of phenolic OH excluding ortho intramolecular Hbond substituents is 1. The van der Waals surface area contributed by atoms with Gasteiger partial charge in [-0.2, -0.15) is 0 Å². The van der Waals surface area contributed by atoms with E-state index in [0.29, 0.717) is 5.39 Å². The molecule has 0 unspecified atom stereocenters. The summed E-state index contributed by atoms with van der Waals surface area (Å²) in [5, 5.41) is 11.5. The summed E-state index contributed by atoms with van der Waals surface area (Å²) < 4.78 is 10.7. The zero-order chi connectivity index (χ0) is 16.1. The van der Waals surface area contributed by atoms with E-state index in [9.17, 15) is 9.90 Å². The molecule has 0 saturated carbocycles. The molecule has 3 aromatic rings. The minimum absolute atomic E-state index is 0.0855. The van der Waals surface area contributed by atoms with E-state index in [-0.39, 0.29) is 24.5 Å². The molecule has 116 valence electrons. The number of hydrogen-bond donors (Lipinski definition) is 1. The second kappa shape index (κ2) is 6.83. The standard InChI is InChI=1S/C19H16O4/c20-17-11-10-14-6-4-5-9-16(14)18(17)19(21)23-13-12-22-15-7-2-1-3-8-15/h1-11,20H,12-13H2. The normalized spacial score (nSPS) is 10.4. The smallest absolute Gasteiger partial charge is 0.342 e. The van der Waals surface area contributed by atoms with Crippen molar-refractivity contribution >= 4 is 16.7 Å². The summed E-state index contributed by atoms with van der Waals surface area (Å²) in [7, 11) is 0. The van der Waals surface area contributed by atoms with Gasteiger partial charge in [0.05, 0.1) is 0 Å². The molecule has 4 nitrogen and oxygen atoms in total. The monoisotopic (exact) mass is 308 g/mol. The second-order valence-electron chi connectivity index (χ2n) is 4.98. The highest BCUT2D eigenvalue weighted by atomic mass is 16.6. The van der Waals surface area contributed by atoms with Gasteiger partial charge in [0.2, 0.25) is 0 Å². The van der Waals surface area contributed by atoms with E-state index >= 15 is 0 Å². The molecule has 0 aliphatic rings. The molecule has 3 aromatic carbocycles. The Balaban J connectivity index is 1.66. The number of para-hydroxylation sites is 1. The molecule has 0 atom stereocenters. The first-order chi connectivity index (χ1) is 11.3. The van der Waals surface area contributed by atoms with Gasteiger partial charge >= 0.3 is 5.97 Å². The Kier molecular flexibility index (Phi) is 4.43. The first-order valence-electron chi connectivity index (χ1n) is 7.31. The van der Waals surface area contributed by atoms with Crippen LogP contribution >= 0.6 is 0 Å². The second-order valence-corrected chi connectivity index (χ2v) is 4.98. The number of ether oxygens (including phenoxy) is 2. The van der Waals surface area contributed by atoms with Crippen LogP contribution in [0.15, 0.2) is 66.7 Å². The number of esters is 1. The third-order valence-electron chi connectivity index (χ3n) is 3.44. The molecule has 0 aromatic heterocycles. The highest BCUT2D eigenvalue weighted by Crippen LogP contribution is 2.27. The van der Waals surface area contributed by atoms with Gasteiger partial charge in [0.1, 0.15) is 30.3 Å². The lowest BCUT2D eigenvalue weighted by atomic mass is 10.0. The number of aromatic hydroxyl groups is 1. The van der Waals surface area contributed by atoms with Gasteiger partial charge in [0, 0.05) is 0 Å². The molecule has 0 saturated heterocycles. The van der Waals surface area contributed by atoms with Gasteiger partial charge in [-0.15, -0.1) is 0 Å². The van der Waals surface area contributed by atoms with Gasteiger partial charge < -0.3 is 14.6 Å². The van der Waals surface area contributed by atoms with Crippen LogP contribution in [-0.2, 0) is 4.74 Å². The number of phenols is 1. The fraction of sp³-hybridized carbons (Fsp3) is 0.105. The maximum atomic E-state index is 12.3. The predicted octanol–water partition coefficient (Wildman–Crippen LogP) is 3.78. The van der Waals surface area contributed by atoms with Crippen molar-refractivity contribution in [1.82, 2.24) is 0 Å². The maximum Gasteiger partial charge on any atom is 0.342 e. The molecule has 0 heterocycles. The van der Waals surface area contributed by atoms with Crippen LogP contribution in [0.25, 0.3) is 10.8 Å². The van der Waals surface area contributed by atoms with E-state index < -0.39 is 5.97 Å². The number of hydrogen-bond acceptors (Lipinski definition) is 4. The topological polar surface area (TPSA) is 55.8 Å². The number of carbonyl (C=O) groups excluding carboxylic acids is 1. The molecule has 4 heteroatoms. The van der Waals surface area contributed by atoms with Gasteiger partial charge in [-0.3, -0.25) is 0 Å². The van der Waals surface area contributed by atoms with Crippen molar-refractivity contribution in [1.29, 1.82) is 0 Å². The Bertz CT molecular complexity index is 812. The Hall–Kier alpha value is -3.01. The van der Waals surface area contributed by atoms with Crippen molar-refractivity contribution in [2.45, 2.75) is 0 Å². The quantitative estimate of drug-likeness (QED) is 0.575. The van der Waals surface area contributed by atoms with Crippen molar-refractivity contribution in [3.05, 3.63) is 72.3 Å². The van der Waals surface area contributed by atoms with E-state index in [1.807, 2.05) is 48.5 Å². The summed E-state index contributed by atoms with van der Waals surface area (Å²) in [6.07, 6.45) is 0. The average molecular weight is 308 g/mol. The fourth-order valence-corrected chi connectivity index (χ4v) is 2.36. The Morgan fingerprint density at radius 3 is 2.43 bits per heavy atom. The minimum Gasteiger partial charge on any atom is -0.507 e. The molecular weight excluding hydrogens is 292 g/mol. The van der Waals surface area contributed by atoms with Gasteiger partial charge in [0.15, 0.2) is 0 Å². The van der Waals surface area contributed by atoms with E-state index in [2.05, 4.69) is 0 Å². The summed E-state index contributed by atoms with van der Waals surface area (Å²) in [5.74, 6) is 0.0743. The first kappa shape index (κ1) is 14.9. The van der Waals surface area contributed by atoms with Crippen LogP contribution < -0.4 is 4.74 Å². The summed E-state index contributed by atoms with van der Waals surface area (Å²) in [5.41, 5.74) is 0.183. The third kappa shape index (κ3) is 3.43. The lowest BCUT2D eigenvalue weighted by Crippen LogP contribution is -2.13. The molecule has 23 heavy (non-hydrogen) atoms. The average Bonchev–Trinajstić information content (AvgIpc) is 2.59. The zero-order valence-electron chi connectivity index (χ0n) is 12.4. The Morgan fingerprint density at radius 2 is 1.61 bits per heavy atom. The predicted molar refractivity (Wildman–Crippen MR) is 87.8 cm³/mol. The highest BCUT2D eigenvalue weighted by Gasteiger charge is 2.16. The molecule has 0 radical (unpaired) electrons. The van der Waals surface area contributed by atoms with Crippen molar-refractivity contribution in [3.8, 4) is 11.5 Å². The van der Waals surface area contributed by atoms with Crippen LogP contribution in [0.3, 0.4) is 0 Å². The number of fused-ring (bicyclic) bond motifs is 1. The maximum absolute atomic E-state index is 12.3. The van der Waals surface area contributed by atoms with Crippen LogP contribution in [0.1, 0.15) is 10.4 Å². The van der Waals surface area contributed by atoms with Gasteiger partial charge in [-0.1, -0.05) is 48.5 Å². The molecule has 1 N–H and O–H groups in total. The van der Waals surface area contributed by atoms with Crippen molar-refractivity contribution < 1.29 is 19.4 Å². The van der Waals surface area contributed by atoms with Gasteiger partial charge in [-0.05, 0) is 29.0 Å². The number of carbonyl (C=O) groups is 1.